The van der Waals surface area contributed by atoms with E-state index in [9.17, 15) is 0 Å². The van der Waals surface area contributed by atoms with Crippen molar-refractivity contribution >= 4 is 17.0 Å². The quantitative estimate of drug-likeness (QED) is 0.466. The Kier molecular flexibility index (Phi) is 4.46. The van der Waals surface area contributed by atoms with Crippen molar-refractivity contribution < 1.29 is 19.1 Å². The van der Waals surface area contributed by atoms with E-state index in [4.69, 9.17) is 10.5 Å². The number of quaternary nitrogens is 2. The Hall–Kier alpha value is -1.79. The molecule has 0 radical (unpaired) electrons. The largest absolute Gasteiger partial charge is 0.484 e. The lowest BCUT2D eigenvalue weighted by molar-refractivity contribution is -0.861. The van der Waals surface area contributed by atoms with Crippen molar-refractivity contribution in [3.8, 4) is 5.75 Å². The Labute approximate surface area is 137 Å². The normalized spacial score (nSPS) is 17.2. The Morgan fingerprint density at radius 3 is 2.74 bits per heavy atom. The van der Waals surface area contributed by atoms with Gasteiger partial charge in [0.25, 0.3) is 0 Å². The molecule has 1 aromatic heterocycles. The van der Waals surface area contributed by atoms with E-state index in [1.54, 1.807) is 0 Å². The summed E-state index contributed by atoms with van der Waals surface area (Å²) in [6.45, 7) is 3.09. The number of nitrogens with two attached hydrogens (primary N) is 1. The van der Waals surface area contributed by atoms with Crippen LogP contribution in [0.25, 0.3) is 11.0 Å². The van der Waals surface area contributed by atoms with Gasteiger partial charge >= 0.3 is 5.95 Å². The molecule has 1 aliphatic heterocycles. The van der Waals surface area contributed by atoms with E-state index in [-0.39, 0.29) is 6.10 Å². The zero-order chi connectivity index (χ0) is 16.6. The number of benzene rings is 1. The van der Waals surface area contributed by atoms with Crippen LogP contribution in [-0.2, 0) is 13.0 Å². The van der Waals surface area contributed by atoms with E-state index in [0.29, 0.717) is 0 Å². The molecule has 0 spiro atoms. The summed E-state index contributed by atoms with van der Waals surface area (Å²) in [7, 11) is 8.70. The first kappa shape index (κ1) is 16.1. The number of nitrogens with zero attached hydrogens (tertiary/aromatic N) is 1. The van der Waals surface area contributed by atoms with Crippen LogP contribution in [0.1, 0.15) is 12.0 Å². The standard InChI is InChI=1S/C17H27N5O/c1-20(2)8-5-9-22-16-13-10-12(11-21(3)4)23-15(13)7-6-14(16)19-17(22)18/h6-7,12H,5,8-11H2,1-4H3,(H2,18,19)/p+3/t12-/m0/s1. The van der Waals surface area contributed by atoms with E-state index in [1.807, 2.05) is 0 Å². The van der Waals surface area contributed by atoms with Crippen LogP contribution in [0.4, 0.5) is 5.95 Å². The van der Waals surface area contributed by atoms with E-state index in [0.717, 1.165) is 49.7 Å². The van der Waals surface area contributed by atoms with Gasteiger partial charge in [-0.3, -0.25) is 5.73 Å². The monoisotopic (exact) mass is 320 g/mol. The molecule has 1 aromatic carbocycles. The molecule has 0 fully saturated rings. The molecule has 0 amide bonds. The second-order valence-electron chi connectivity index (χ2n) is 7.27. The Balaban J connectivity index is 1.90. The molecule has 23 heavy (non-hydrogen) atoms. The minimum absolute atomic E-state index is 0.261. The number of nitrogens with one attached hydrogen (secondary N) is 3. The molecule has 2 aromatic rings. The molecule has 6 heteroatoms. The van der Waals surface area contributed by atoms with E-state index < -0.39 is 0 Å². The number of fused-ring (bicyclic) bond motifs is 3. The van der Waals surface area contributed by atoms with Gasteiger partial charge in [0.1, 0.15) is 23.3 Å². The highest BCUT2D eigenvalue weighted by molar-refractivity contribution is 5.80. The lowest BCUT2D eigenvalue weighted by Gasteiger charge is -2.13. The topological polar surface area (TPSA) is 63.8 Å². The van der Waals surface area contributed by atoms with Gasteiger partial charge in [-0.1, -0.05) is 0 Å². The molecule has 0 unspecified atom stereocenters. The Bertz CT molecular complexity index is 692. The van der Waals surface area contributed by atoms with E-state index in [2.05, 4.69) is 49.9 Å². The minimum Gasteiger partial charge on any atom is -0.484 e. The molecule has 5 N–H and O–H groups in total. The first-order chi connectivity index (χ1) is 11.0. The van der Waals surface area contributed by atoms with Crippen molar-refractivity contribution in [2.75, 3.05) is 47.0 Å². The van der Waals surface area contributed by atoms with Crippen LogP contribution in [0.3, 0.4) is 0 Å². The van der Waals surface area contributed by atoms with Crippen molar-refractivity contribution in [3.63, 3.8) is 0 Å². The number of hydrogen-bond acceptors (Lipinski definition) is 2. The maximum Gasteiger partial charge on any atom is 0.353 e. The summed E-state index contributed by atoms with van der Waals surface area (Å²) in [5.74, 6) is 1.76. The third-order valence-electron chi connectivity index (χ3n) is 4.48. The first-order valence-electron chi connectivity index (χ1n) is 8.53. The molecular formula is C17H30N5O+3. The summed E-state index contributed by atoms with van der Waals surface area (Å²) in [5.41, 5.74) is 9.88. The maximum atomic E-state index is 6.24. The Morgan fingerprint density at radius 2 is 2.04 bits per heavy atom. The number of H-pyrrole nitrogens is 1. The smallest absolute Gasteiger partial charge is 0.353 e. The van der Waals surface area contributed by atoms with Crippen LogP contribution < -0.4 is 24.8 Å². The van der Waals surface area contributed by atoms with Crippen LogP contribution >= 0.6 is 0 Å². The summed E-state index contributed by atoms with van der Waals surface area (Å²) >= 11 is 0. The second kappa shape index (κ2) is 6.37. The molecule has 0 aliphatic carbocycles. The van der Waals surface area contributed by atoms with Gasteiger partial charge in [-0.15, -0.1) is 0 Å². The fraction of sp³-hybridized carbons (Fsp3) is 0.588. The number of likely N-dealkylation sites (N-methyl/N-ethyl adjacent to an activating group) is 1. The van der Waals surface area contributed by atoms with Crippen LogP contribution in [0.5, 0.6) is 5.75 Å². The molecule has 3 rings (SSSR count). The van der Waals surface area contributed by atoms with Crippen molar-refractivity contribution in [2.45, 2.75) is 25.5 Å². The fourth-order valence-corrected chi connectivity index (χ4v) is 3.50. The molecule has 126 valence electrons. The molecule has 0 saturated heterocycles. The average Bonchev–Trinajstić information content (AvgIpc) is 2.98. The fourth-order valence-electron chi connectivity index (χ4n) is 3.50. The highest BCUT2D eigenvalue weighted by Gasteiger charge is 2.30. The van der Waals surface area contributed by atoms with Gasteiger partial charge in [0.2, 0.25) is 0 Å². The highest BCUT2D eigenvalue weighted by atomic mass is 16.5. The lowest BCUT2D eigenvalue weighted by Crippen LogP contribution is -3.07. The zero-order valence-corrected chi connectivity index (χ0v) is 14.7. The van der Waals surface area contributed by atoms with Gasteiger partial charge < -0.3 is 14.5 Å². The molecule has 0 bridgehead atoms. The van der Waals surface area contributed by atoms with Crippen molar-refractivity contribution in [1.29, 1.82) is 0 Å². The van der Waals surface area contributed by atoms with Crippen LogP contribution in [-0.4, -0.2) is 52.4 Å². The number of anilines is 1. The van der Waals surface area contributed by atoms with Gasteiger partial charge in [0, 0.05) is 18.4 Å². The summed E-state index contributed by atoms with van der Waals surface area (Å²) in [6, 6.07) is 4.16. The molecule has 1 atom stereocenters. The summed E-state index contributed by atoms with van der Waals surface area (Å²) in [5, 5.41) is 0. The van der Waals surface area contributed by atoms with Gasteiger partial charge in [-0.05, 0) is 12.1 Å². The van der Waals surface area contributed by atoms with E-state index >= 15 is 0 Å². The number of hydrogen-bond donors (Lipinski definition) is 4. The zero-order valence-electron chi connectivity index (χ0n) is 14.7. The summed E-state index contributed by atoms with van der Waals surface area (Å²) in [4.78, 5) is 6.20. The van der Waals surface area contributed by atoms with Gasteiger partial charge in [0.05, 0.1) is 41.3 Å². The van der Waals surface area contributed by atoms with Crippen molar-refractivity contribution in [1.82, 2.24) is 4.98 Å². The van der Waals surface area contributed by atoms with Crippen LogP contribution in [0.2, 0.25) is 0 Å². The Morgan fingerprint density at radius 1 is 1.26 bits per heavy atom. The predicted octanol–water partition coefficient (Wildman–Crippen LogP) is -1.98. The molecule has 6 nitrogen and oxygen atoms in total. The summed E-state index contributed by atoms with van der Waals surface area (Å²) in [6.07, 6.45) is 2.34. The third-order valence-corrected chi connectivity index (χ3v) is 4.48. The van der Waals surface area contributed by atoms with E-state index in [1.165, 1.54) is 20.9 Å². The lowest BCUT2D eigenvalue weighted by atomic mass is 10.1. The van der Waals surface area contributed by atoms with Gasteiger partial charge in [0.15, 0.2) is 6.10 Å². The molecule has 1 aliphatic rings. The number of aryl methyl sites for hydroxylation is 1. The average molecular weight is 320 g/mol. The molecule has 2 heterocycles. The number of ether oxygens (including phenoxy) is 1. The number of rotatable bonds is 6. The predicted molar refractivity (Wildman–Crippen MR) is 91.0 cm³/mol. The van der Waals surface area contributed by atoms with Gasteiger partial charge in [-0.25, -0.2) is 9.55 Å². The second-order valence-corrected chi connectivity index (χ2v) is 7.27. The number of aromatic amines is 1. The molecule has 0 saturated carbocycles. The maximum absolute atomic E-state index is 6.24. The van der Waals surface area contributed by atoms with Crippen LogP contribution in [0, 0.1) is 0 Å². The SMILES string of the molecule is C[NH+](C)CCC[n+]1c(N)[nH]c2ccc3c(c21)C[C@@H](C[NH+](C)C)O3. The molecular weight excluding hydrogens is 290 g/mol. The van der Waals surface area contributed by atoms with Crippen LogP contribution in [0.15, 0.2) is 12.1 Å². The number of nitrogen functional groups attached to an aromatic ring is 1. The number of aromatic nitrogens is 2. The van der Waals surface area contributed by atoms with Gasteiger partial charge in [-0.2, -0.15) is 0 Å². The highest BCUT2D eigenvalue weighted by Crippen LogP contribution is 2.33. The summed E-state index contributed by atoms with van der Waals surface area (Å²) < 4.78 is 8.37. The first-order valence-corrected chi connectivity index (χ1v) is 8.53. The third kappa shape index (κ3) is 3.28. The van der Waals surface area contributed by atoms with Crippen molar-refractivity contribution in [3.05, 3.63) is 17.7 Å². The minimum atomic E-state index is 0.261. The van der Waals surface area contributed by atoms with Crippen molar-refractivity contribution in [2.24, 2.45) is 0 Å². The number of imidazole rings is 1.